The highest BCUT2D eigenvalue weighted by atomic mass is 35.5. The fourth-order valence-corrected chi connectivity index (χ4v) is 3.09. The van der Waals surface area contributed by atoms with E-state index < -0.39 is 0 Å². The number of hydrogen-bond acceptors (Lipinski definition) is 3. The van der Waals surface area contributed by atoms with Crippen LogP contribution in [0.3, 0.4) is 0 Å². The van der Waals surface area contributed by atoms with Crippen molar-refractivity contribution in [2.45, 2.75) is 39.5 Å². The molecule has 0 aromatic carbocycles. The Morgan fingerprint density at radius 3 is 2.48 bits per heavy atom. The molecule has 1 aliphatic rings. The molecule has 3 nitrogen and oxygen atoms in total. The molecule has 0 saturated carbocycles. The minimum Gasteiger partial charge on any atom is -0.354 e. The average molecular weight is 310 g/mol. The highest BCUT2D eigenvalue weighted by Gasteiger charge is 2.19. The van der Waals surface area contributed by atoms with Crippen LogP contribution in [0.4, 0.5) is 5.82 Å². The minimum atomic E-state index is 0.569. The fourth-order valence-electron chi connectivity index (χ4n) is 2.93. The van der Waals surface area contributed by atoms with Gasteiger partial charge in [0, 0.05) is 44.3 Å². The predicted molar refractivity (Wildman–Crippen MR) is 91.3 cm³/mol. The van der Waals surface area contributed by atoms with E-state index in [0.29, 0.717) is 5.88 Å². The van der Waals surface area contributed by atoms with Crippen LogP contribution in [0.2, 0.25) is 0 Å². The first-order valence-corrected chi connectivity index (χ1v) is 8.69. The molecule has 0 radical (unpaired) electrons. The number of nitrogens with zero attached hydrogens (tertiary/aromatic N) is 3. The number of rotatable bonds is 6. The first kappa shape index (κ1) is 16.6. The molecule has 21 heavy (non-hydrogen) atoms. The summed E-state index contributed by atoms with van der Waals surface area (Å²) in [5.41, 5.74) is 2.37. The zero-order valence-electron chi connectivity index (χ0n) is 13.6. The summed E-state index contributed by atoms with van der Waals surface area (Å²) in [6.07, 6.45) is 2.16. The molecule has 0 amide bonds. The van der Waals surface area contributed by atoms with E-state index in [4.69, 9.17) is 16.6 Å². The van der Waals surface area contributed by atoms with Gasteiger partial charge in [-0.05, 0) is 30.0 Å². The van der Waals surface area contributed by atoms with Gasteiger partial charge in [0.25, 0.3) is 0 Å². The van der Waals surface area contributed by atoms with E-state index in [1.54, 1.807) is 0 Å². The van der Waals surface area contributed by atoms with Crippen molar-refractivity contribution in [3.63, 3.8) is 0 Å². The molecule has 4 heteroatoms. The normalized spacial score (nSPS) is 16.7. The Bertz CT molecular complexity index is 440. The number of aromatic nitrogens is 1. The summed E-state index contributed by atoms with van der Waals surface area (Å²) >= 11 is 6.04. The molecule has 2 heterocycles. The molecule has 2 rings (SSSR count). The van der Waals surface area contributed by atoms with E-state index >= 15 is 0 Å². The van der Waals surface area contributed by atoms with Crippen molar-refractivity contribution < 1.29 is 0 Å². The predicted octanol–water partition coefficient (Wildman–Crippen LogP) is 3.55. The summed E-state index contributed by atoms with van der Waals surface area (Å²) in [6.45, 7) is 12.4. The fraction of sp³-hybridized carbons (Fsp3) is 0.706. The van der Waals surface area contributed by atoms with Crippen LogP contribution in [-0.2, 0) is 12.3 Å². The summed E-state index contributed by atoms with van der Waals surface area (Å²) in [5.74, 6) is 2.42. The highest BCUT2D eigenvalue weighted by molar-refractivity contribution is 6.17. The van der Waals surface area contributed by atoms with Crippen LogP contribution in [-0.4, -0.2) is 42.6 Å². The molecule has 118 valence electrons. The summed E-state index contributed by atoms with van der Waals surface area (Å²) in [7, 11) is 0. The van der Waals surface area contributed by atoms with Crippen molar-refractivity contribution in [1.29, 1.82) is 0 Å². The topological polar surface area (TPSA) is 19.4 Å². The van der Waals surface area contributed by atoms with Crippen molar-refractivity contribution in [3.05, 3.63) is 23.4 Å². The lowest BCUT2D eigenvalue weighted by molar-refractivity contribution is 0.231. The maximum atomic E-state index is 6.04. The van der Waals surface area contributed by atoms with Gasteiger partial charge < -0.3 is 4.90 Å². The van der Waals surface area contributed by atoms with Gasteiger partial charge in [0.05, 0.1) is 0 Å². The lowest BCUT2D eigenvalue weighted by Gasteiger charge is -2.36. The molecule has 0 spiro atoms. The van der Waals surface area contributed by atoms with Crippen LogP contribution in [0, 0.1) is 5.92 Å². The number of pyridine rings is 1. The molecule has 1 saturated heterocycles. The molecule has 1 aromatic rings. The average Bonchev–Trinajstić information content (AvgIpc) is 2.47. The van der Waals surface area contributed by atoms with Crippen molar-refractivity contribution >= 4 is 17.4 Å². The number of alkyl halides is 1. The van der Waals surface area contributed by atoms with E-state index in [2.05, 4.69) is 42.7 Å². The van der Waals surface area contributed by atoms with E-state index in [1.807, 2.05) is 0 Å². The zero-order chi connectivity index (χ0) is 15.2. The number of hydrogen-bond donors (Lipinski definition) is 0. The van der Waals surface area contributed by atoms with Crippen LogP contribution in [0.1, 0.15) is 38.4 Å². The van der Waals surface area contributed by atoms with Gasteiger partial charge in [-0.1, -0.05) is 27.2 Å². The van der Waals surface area contributed by atoms with E-state index in [0.717, 1.165) is 50.8 Å². The van der Waals surface area contributed by atoms with Crippen molar-refractivity contribution in [2.24, 2.45) is 5.92 Å². The Balaban J connectivity index is 2.03. The Kier molecular flexibility index (Phi) is 6.31. The summed E-state index contributed by atoms with van der Waals surface area (Å²) in [4.78, 5) is 9.79. The van der Waals surface area contributed by atoms with Crippen LogP contribution in [0.15, 0.2) is 12.1 Å². The van der Waals surface area contributed by atoms with Crippen LogP contribution in [0.5, 0.6) is 0 Å². The smallest absolute Gasteiger partial charge is 0.129 e. The third-order valence-corrected chi connectivity index (χ3v) is 4.21. The molecule has 0 unspecified atom stereocenters. The van der Waals surface area contributed by atoms with Gasteiger partial charge in [-0.25, -0.2) is 4.98 Å². The van der Waals surface area contributed by atoms with Crippen molar-refractivity contribution in [3.8, 4) is 0 Å². The molecular formula is C17H28ClN3. The molecule has 0 aliphatic carbocycles. The summed E-state index contributed by atoms with van der Waals surface area (Å²) in [6, 6.07) is 4.30. The zero-order valence-corrected chi connectivity index (χ0v) is 14.4. The highest BCUT2D eigenvalue weighted by Crippen LogP contribution is 2.19. The van der Waals surface area contributed by atoms with Gasteiger partial charge >= 0.3 is 0 Å². The second-order valence-electron chi connectivity index (χ2n) is 6.39. The molecule has 1 aliphatic heterocycles. The largest absolute Gasteiger partial charge is 0.354 e. The monoisotopic (exact) mass is 309 g/mol. The third-order valence-electron chi connectivity index (χ3n) is 3.90. The van der Waals surface area contributed by atoms with Crippen LogP contribution < -0.4 is 4.90 Å². The van der Waals surface area contributed by atoms with Crippen LogP contribution >= 0.6 is 11.6 Å². The molecule has 0 bridgehead atoms. The maximum absolute atomic E-state index is 6.04. The number of piperazine rings is 1. The lowest BCUT2D eigenvalue weighted by Crippen LogP contribution is -2.47. The second kappa shape index (κ2) is 8.00. The molecule has 1 fully saturated rings. The number of halogens is 1. The van der Waals surface area contributed by atoms with Gasteiger partial charge in [-0.2, -0.15) is 0 Å². The van der Waals surface area contributed by atoms with E-state index in [9.17, 15) is 0 Å². The van der Waals surface area contributed by atoms with Crippen molar-refractivity contribution in [1.82, 2.24) is 9.88 Å². The standard InChI is InChI=1S/C17H28ClN3/c1-4-5-16-10-15(12-18)11-17(19-16)21-8-6-20(7-9-21)13-14(2)3/h10-11,14H,4-9,12-13H2,1-3H3. The van der Waals surface area contributed by atoms with Gasteiger partial charge in [0.1, 0.15) is 5.82 Å². The van der Waals surface area contributed by atoms with E-state index in [-0.39, 0.29) is 0 Å². The van der Waals surface area contributed by atoms with Gasteiger partial charge in [-0.3, -0.25) is 4.90 Å². The second-order valence-corrected chi connectivity index (χ2v) is 6.66. The summed E-state index contributed by atoms with van der Waals surface area (Å²) < 4.78 is 0. The first-order chi connectivity index (χ1) is 10.1. The number of anilines is 1. The quantitative estimate of drug-likeness (QED) is 0.749. The van der Waals surface area contributed by atoms with Crippen LogP contribution in [0.25, 0.3) is 0 Å². The van der Waals surface area contributed by atoms with Gasteiger partial charge in [0.15, 0.2) is 0 Å². The molecule has 0 atom stereocenters. The number of aryl methyl sites for hydroxylation is 1. The lowest BCUT2D eigenvalue weighted by atomic mass is 10.1. The first-order valence-electron chi connectivity index (χ1n) is 8.15. The van der Waals surface area contributed by atoms with Gasteiger partial charge in [-0.15, -0.1) is 11.6 Å². The van der Waals surface area contributed by atoms with E-state index in [1.165, 1.54) is 17.8 Å². The Morgan fingerprint density at radius 1 is 1.19 bits per heavy atom. The Labute approximate surface area is 134 Å². The molecule has 0 N–H and O–H groups in total. The Morgan fingerprint density at radius 2 is 1.90 bits per heavy atom. The summed E-state index contributed by atoms with van der Waals surface area (Å²) in [5, 5.41) is 0. The molecular weight excluding hydrogens is 282 g/mol. The third kappa shape index (κ3) is 4.86. The molecule has 1 aromatic heterocycles. The SMILES string of the molecule is CCCc1cc(CCl)cc(N2CCN(CC(C)C)CC2)n1. The van der Waals surface area contributed by atoms with Gasteiger partial charge in [0.2, 0.25) is 0 Å². The van der Waals surface area contributed by atoms with Crippen molar-refractivity contribution in [2.75, 3.05) is 37.6 Å². The minimum absolute atomic E-state index is 0.569. The Hall–Kier alpha value is -0.800. The maximum Gasteiger partial charge on any atom is 0.129 e.